The number of carbonyl (C=O) groups is 1. The van der Waals surface area contributed by atoms with Gasteiger partial charge in [-0.15, -0.1) is 13.2 Å². The minimum Gasteiger partial charge on any atom is -0.406 e. The van der Waals surface area contributed by atoms with Gasteiger partial charge in [0.15, 0.2) is 0 Å². The van der Waals surface area contributed by atoms with Crippen molar-refractivity contribution in [3.05, 3.63) is 29.8 Å². The Bertz CT molecular complexity index is 420. The lowest BCUT2D eigenvalue weighted by molar-refractivity contribution is -0.274. The number of carbonyl (C=O) groups excluding carboxylic acids is 1. The second-order valence-corrected chi connectivity index (χ2v) is 3.74. The van der Waals surface area contributed by atoms with Crippen molar-refractivity contribution in [1.82, 2.24) is 4.90 Å². The van der Waals surface area contributed by atoms with E-state index >= 15 is 0 Å². The van der Waals surface area contributed by atoms with Crippen molar-refractivity contribution in [2.24, 2.45) is 11.5 Å². The first-order valence-corrected chi connectivity index (χ1v) is 5.41. The van der Waals surface area contributed by atoms with E-state index in [2.05, 4.69) is 4.74 Å². The van der Waals surface area contributed by atoms with Crippen LogP contribution in [0.5, 0.6) is 5.75 Å². The minimum atomic E-state index is -4.72. The fourth-order valence-electron chi connectivity index (χ4n) is 1.44. The summed E-state index contributed by atoms with van der Waals surface area (Å²) in [6, 6.07) is 4.55. The Morgan fingerprint density at radius 3 is 2.26 bits per heavy atom. The summed E-state index contributed by atoms with van der Waals surface area (Å²) in [6.45, 7) is 0.702. The Balaban J connectivity index is 2.68. The molecule has 19 heavy (non-hydrogen) atoms. The number of primary amides is 1. The van der Waals surface area contributed by atoms with Gasteiger partial charge in [0.25, 0.3) is 0 Å². The van der Waals surface area contributed by atoms with Crippen molar-refractivity contribution in [3.63, 3.8) is 0 Å². The largest absolute Gasteiger partial charge is 0.573 e. The van der Waals surface area contributed by atoms with E-state index in [9.17, 15) is 18.0 Å². The molecule has 0 bridgehead atoms. The smallest absolute Gasteiger partial charge is 0.406 e. The molecule has 0 aliphatic carbocycles. The zero-order valence-corrected chi connectivity index (χ0v) is 9.98. The van der Waals surface area contributed by atoms with Crippen LogP contribution in [0.3, 0.4) is 0 Å². The summed E-state index contributed by atoms with van der Waals surface area (Å²) >= 11 is 0. The van der Waals surface area contributed by atoms with Gasteiger partial charge in [-0.05, 0) is 17.7 Å². The lowest BCUT2D eigenvalue weighted by Gasteiger charge is -2.19. The van der Waals surface area contributed by atoms with E-state index in [4.69, 9.17) is 11.5 Å². The number of halogens is 3. The molecule has 1 rings (SSSR count). The van der Waals surface area contributed by atoms with E-state index in [-0.39, 0.29) is 25.4 Å². The first kappa shape index (κ1) is 15.1. The Hall–Kier alpha value is -1.96. The molecule has 0 aliphatic heterocycles. The molecule has 106 valence electrons. The monoisotopic (exact) mass is 277 g/mol. The molecule has 4 N–H and O–H groups in total. The Morgan fingerprint density at radius 2 is 1.84 bits per heavy atom. The molecule has 0 aliphatic rings. The standard InChI is InChI=1S/C11H14F3N3O2/c12-11(13,14)19-9-3-1-8(2-4-9)7-17(6-5-15)10(16)18/h1-4H,5-7,15H2,(H2,16,18). The molecule has 1 aromatic rings. The van der Waals surface area contributed by atoms with Crippen LogP contribution in [0, 0.1) is 0 Å². The molecular formula is C11H14F3N3O2. The normalized spacial score (nSPS) is 11.2. The number of amides is 2. The average molecular weight is 277 g/mol. The fourth-order valence-corrected chi connectivity index (χ4v) is 1.44. The van der Waals surface area contributed by atoms with Crippen molar-refractivity contribution in [3.8, 4) is 5.75 Å². The maximum absolute atomic E-state index is 12.0. The van der Waals surface area contributed by atoms with Gasteiger partial charge < -0.3 is 21.1 Å². The molecule has 0 atom stereocenters. The third-order valence-corrected chi connectivity index (χ3v) is 2.24. The van der Waals surface area contributed by atoms with Gasteiger partial charge in [-0.3, -0.25) is 0 Å². The van der Waals surface area contributed by atoms with Crippen LogP contribution in [0.2, 0.25) is 0 Å². The van der Waals surface area contributed by atoms with Crippen LogP contribution >= 0.6 is 0 Å². The summed E-state index contributed by atoms with van der Waals surface area (Å²) in [6.07, 6.45) is -4.72. The quantitative estimate of drug-likeness (QED) is 0.854. The van der Waals surface area contributed by atoms with Crippen LogP contribution in [0.1, 0.15) is 5.56 Å². The molecular weight excluding hydrogens is 263 g/mol. The van der Waals surface area contributed by atoms with Gasteiger partial charge in [0.05, 0.1) is 0 Å². The Morgan fingerprint density at radius 1 is 1.26 bits per heavy atom. The minimum absolute atomic E-state index is 0.179. The SMILES string of the molecule is NCCN(Cc1ccc(OC(F)(F)F)cc1)C(N)=O. The van der Waals surface area contributed by atoms with Gasteiger partial charge in [-0.25, -0.2) is 4.79 Å². The summed E-state index contributed by atoms with van der Waals surface area (Å²) in [5, 5.41) is 0. The molecule has 2 amide bonds. The molecule has 0 spiro atoms. The molecule has 8 heteroatoms. The Kier molecular flexibility index (Phi) is 4.99. The van der Waals surface area contributed by atoms with E-state index in [0.717, 1.165) is 0 Å². The second kappa shape index (κ2) is 6.28. The number of rotatable bonds is 5. The fraction of sp³-hybridized carbons (Fsp3) is 0.364. The van der Waals surface area contributed by atoms with Crippen molar-refractivity contribution in [2.45, 2.75) is 12.9 Å². The van der Waals surface area contributed by atoms with E-state index in [1.165, 1.54) is 29.2 Å². The number of hydrogen-bond acceptors (Lipinski definition) is 3. The molecule has 1 aromatic carbocycles. The number of hydrogen-bond donors (Lipinski definition) is 2. The van der Waals surface area contributed by atoms with E-state index < -0.39 is 12.4 Å². The van der Waals surface area contributed by atoms with Gasteiger partial charge in [-0.1, -0.05) is 12.1 Å². The van der Waals surface area contributed by atoms with Crippen LogP contribution in [0.4, 0.5) is 18.0 Å². The highest BCUT2D eigenvalue weighted by molar-refractivity contribution is 5.72. The van der Waals surface area contributed by atoms with E-state index in [1.54, 1.807) is 0 Å². The van der Waals surface area contributed by atoms with Crippen molar-refractivity contribution < 1.29 is 22.7 Å². The maximum atomic E-state index is 12.0. The van der Waals surface area contributed by atoms with Crippen molar-refractivity contribution >= 4 is 6.03 Å². The van der Waals surface area contributed by atoms with Crippen LogP contribution in [0.25, 0.3) is 0 Å². The summed E-state index contributed by atoms with van der Waals surface area (Å²) < 4.78 is 39.6. The number of ether oxygens (including phenoxy) is 1. The van der Waals surface area contributed by atoms with Gasteiger partial charge in [0.2, 0.25) is 0 Å². The predicted octanol–water partition coefficient (Wildman–Crippen LogP) is 1.42. The highest BCUT2D eigenvalue weighted by Gasteiger charge is 2.30. The van der Waals surface area contributed by atoms with Crippen LogP contribution in [-0.2, 0) is 6.54 Å². The number of nitrogens with zero attached hydrogens (tertiary/aromatic N) is 1. The number of nitrogens with two attached hydrogens (primary N) is 2. The molecule has 0 radical (unpaired) electrons. The van der Waals surface area contributed by atoms with Gasteiger partial charge in [0, 0.05) is 19.6 Å². The first-order valence-electron chi connectivity index (χ1n) is 5.41. The molecule has 0 unspecified atom stereocenters. The third kappa shape index (κ3) is 5.47. The molecule has 5 nitrogen and oxygen atoms in total. The number of benzene rings is 1. The second-order valence-electron chi connectivity index (χ2n) is 3.74. The Labute approximate surface area is 107 Å². The van der Waals surface area contributed by atoms with Gasteiger partial charge >= 0.3 is 12.4 Å². The van der Waals surface area contributed by atoms with Crippen LogP contribution in [0.15, 0.2) is 24.3 Å². The predicted molar refractivity (Wildman–Crippen MR) is 62.2 cm³/mol. The topological polar surface area (TPSA) is 81.6 Å². The summed E-state index contributed by atoms with van der Waals surface area (Å²) in [5.41, 5.74) is 11.1. The zero-order valence-electron chi connectivity index (χ0n) is 9.98. The molecule has 0 saturated heterocycles. The van der Waals surface area contributed by atoms with E-state index in [0.29, 0.717) is 5.56 Å². The van der Waals surface area contributed by atoms with Gasteiger partial charge in [-0.2, -0.15) is 0 Å². The van der Waals surface area contributed by atoms with Gasteiger partial charge in [0.1, 0.15) is 5.75 Å². The zero-order chi connectivity index (χ0) is 14.5. The highest BCUT2D eigenvalue weighted by Crippen LogP contribution is 2.22. The maximum Gasteiger partial charge on any atom is 0.573 e. The summed E-state index contributed by atoms with van der Waals surface area (Å²) in [7, 11) is 0. The summed E-state index contributed by atoms with van der Waals surface area (Å²) in [5.74, 6) is -0.319. The molecule has 0 saturated carbocycles. The first-order chi connectivity index (χ1) is 8.81. The number of alkyl halides is 3. The summed E-state index contributed by atoms with van der Waals surface area (Å²) in [4.78, 5) is 12.4. The lowest BCUT2D eigenvalue weighted by atomic mass is 10.2. The number of urea groups is 1. The van der Waals surface area contributed by atoms with Crippen molar-refractivity contribution in [1.29, 1.82) is 0 Å². The highest BCUT2D eigenvalue weighted by atomic mass is 19.4. The van der Waals surface area contributed by atoms with E-state index in [1.807, 2.05) is 0 Å². The lowest BCUT2D eigenvalue weighted by Crippen LogP contribution is -2.38. The average Bonchev–Trinajstić information content (AvgIpc) is 2.29. The van der Waals surface area contributed by atoms with Crippen molar-refractivity contribution in [2.75, 3.05) is 13.1 Å². The van der Waals surface area contributed by atoms with Crippen LogP contribution < -0.4 is 16.2 Å². The molecule has 0 fully saturated rings. The molecule has 0 aromatic heterocycles. The molecule has 0 heterocycles. The third-order valence-electron chi connectivity index (χ3n) is 2.24. The van der Waals surface area contributed by atoms with Crippen LogP contribution in [-0.4, -0.2) is 30.4 Å².